The van der Waals surface area contributed by atoms with Crippen molar-refractivity contribution in [1.29, 1.82) is 0 Å². The van der Waals surface area contributed by atoms with E-state index in [0.717, 1.165) is 26.3 Å². The number of aryl methyl sites for hydroxylation is 1. The number of phenols is 1. The summed E-state index contributed by atoms with van der Waals surface area (Å²) in [6.45, 7) is 2.11. The lowest BCUT2D eigenvalue weighted by Gasteiger charge is -2.49. The Balaban J connectivity index is 1.49. The Labute approximate surface area is 240 Å². The van der Waals surface area contributed by atoms with Crippen LogP contribution in [0.4, 0.5) is 5.69 Å². The quantitative estimate of drug-likeness (QED) is 0.291. The van der Waals surface area contributed by atoms with Crippen LogP contribution in [0.2, 0.25) is 0 Å². The molecule has 0 spiro atoms. The minimum Gasteiger partial charge on any atom is -0.508 e. The van der Waals surface area contributed by atoms with Gasteiger partial charge in [0, 0.05) is 13.0 Å². The highest BCUT2D eigenvalue weighted by Gasteiger charge is 2.68. The zero-order valence-corrected chi connectivity index (χ0v) is 23.1. The van der Waals surface area contributed by atoms with Crippen molar-refractivity contribution < 1.29 is 14.7 Å². The van der Waals surface area contributed by atoms with Crippen LogP contribution in [-0.2, 0) is 28.6 Å². The van der Waals surface area contributed by atoms with Crippen LogP contribution in [0.1, 0.15) is 35.1 Å². The topological polar surface area (TPSA) is 119 Å². The number of nitrogens with one attached hydrogen (secondary N) is 1. The van der Waals surface area contributed by atoms with Gasteiger partial charge < -0.3 is 5.11 Å². The van der Waals surface area contributed by atoms with Gasteiger partial charge in [0.05, 0.1) is 29.6 Å². The molecule has 2 amide bonds. The summed E-state index contributed by atoms with van der Waals surface area (Å²) < 4.78 is 3.90. The molecule has 0 radical (unpaired) electrons. The van der Waals surface area contributed by atoms with Gasteiger partial charge in [-0.05, 0) is 54.3 Å². The van der Waals surface area contributed by atoms with Crippen molar-refractivity contribution in [3.8, 4) is 5.75 Å². The first-order valence-electron chi connectivity index (χ1n) is 13.9. The largest absolute Gasteiger partial charge is 0.508 e. The van der Waals surface area contributed by atoms with E-state index in [-0.39, 0.29) is 18.7 Å². The number of allylic oxidation sites excluding steroid dienone is 2. The maximum absolute atomic E-state index is 14.9. The number of fused-ring (bicyclic) bond motifs is 4. The van der Waals surface area contributed by atoms with Crippen LogP contribution in [0.3, 0.4) is 0 Å². The lowest BCUT2D eigenvalue weighted by atomic mass is 9.53. The zero-order chi connectivity index (χ0) is 29.3. The standard InChI is InChI=1S/C32H29N5O5/c1-19-8-12-22(13-9-19)33-36-28(39)25-18-26-24(16-17-35-30(41)34(2)31(42)37(26)35)27(20-10-14-23(38)15-11-20)32(25,29(36)40)21-6-4-3-5-7-21/h3-16,25-27,33,38H,17-18H2,1-2H3. The maximum atomic E-state index is 14.9. The average molecular weight is 564 g/mol. The molecule has 1 aliphatic carbocycles. The minimum atomic E-state index is -1.35. The molecule has 212 valence electrons. The smallest absolute Gasteiger partial charge is 0.347 e. The molecular formula is C32H29N5O5. The molecule has 3 heterocycles. The Hall–Kier alpha value is -5.12. The Morgan fingerprint density at radius 3 is 2.26 bits per heavy atom. The number of anilines is 1. The van der Waals surface area contributed by atoms with E-state index >= 15 is 0 Å². The molecule has 4 atom stereocenters. The van der Waals surface area contributed by atoms with Gasteiger partial charge in [0.15, 0.2) is 0 Å². The van der Waals surface area contributed by atoms with Crippen LogP contribution < -0.4 is 16.8 Å². The van der Waals surface area contributed by atoms with Gasteiger partial charge in [-0.1, -0.05) is 66.2 Å². The third-order valence-corrected chi connectivity index (χ3v) is 9.07. The van der Waals surface area contributed by atoms with Crippen LogP contribution in [0, 0.1) is 12.8 Å². The number of carbonyl (C=O) groups excluding carboxylic acids is 2. The monoisotopic (exact) mass is 563 g/mol. The van der Waals surface area contributed by atoms with Crippen LogP contribution in [0.25, 0.3) is 0 Å². The van der Waals surface area contributed by atoms with Gasteiger partial charge in [-0.25, -0.2) is 23.5 Å². The molecule has 4 unspecified atom stereocenters. The number of hydrogen-bond acceptors (Lipinski definition) is 6. The number of aromatic hydroxyl groups is 1. The van der Waals surface area contributed by atoms with Gasteiger partial charge in [-0.15, -0.1) is 0 Å². The second-order valence-corrected chi connectivity index (χ2v) is 11.3. The van der Waals surface area contributed by atoms with Crippen molar-refractivity contribution in [1.82, 2.24) is 18.9 Å². The minimum absolute atomic E-state index is 0.0682. The number of phenolic OH excluding ortho intramolecular Hbond substituents is 1. The molecule has 3 aromatic carbocycles. The molecule has 7 rings (SSSR count). The number of benzene rings is 3. The van der Waals surface area contributed by atoms with E-state index < -0.39 is 46.5 Å². The number of nitrogens with zero attached hydrogens (tertiary/aromatic N) is 4. The molecule has 4 aromatic rings. The van der Waals surface area contributed by atoms with Crippen molar-refractivity contribution in [3.05, 3.63) is 128 Å². The summed E-state index contributed by atoms with van der Waals surface area (Å²) in [6, 6.07) is 22.7. The fraction of sp³-hybridized carbons (Fsp3) is 0.250. The van der Waals surface area contributed by atoms with Crippen LogP contribution >= 0.6 is 0 Å². The molecule has 2 aliphatic heterocycles. The summed E-state index contributed by atoms with van der Waals surface area (Å²) in [5.41, 5.74) is 4.63. The molecule has 1 saturated heterocycles. The lowest BCUT2D eigenvalue weighted by molar-refractivity contribution is -0.138. The summed E-state index contributed by atoms with van der Waals surface area (Å²) in [5, 5.41) is 11.3. The van der Waals surface area contributed by atoms with E-state index in [1.54, 1.807) is 24.3 Å². The van der Waals surface area contributed by atoms with Gasteiger partial charge in [-0.2, -0.15) is 5.01 Å². The molecule has 0 bridgehead atoms. The molecule has 10 heteroatoms. The fourth-order valence-corrected chi connectivity index (χ4v) is 7.16. The molecule has 3 aliphatic rings. The van der Waals surface area contributed by atoms with E-state index in [2.05, 4.69) is 5.43 Å². The highest BCUT2D eigenvalue weighted by molar-refractivity contribution is 6.12. The van der Waals surface area contributed by atoms with Crippen molar-refractivity contribution in [2.45, 2.75) is 37.3 Å². The van der Waals surface area contributed by atoms with Gasteiger partial charge in [-0.3, -0.25) is 15.0 Å². The molecule has 42 heavy (non-hydrogen) atoms. The molecule has 1 saturated carbocycles. The predicted octanol–water partition coefficient (Wildman–Crippen LogP) is 2.98. The van der Waals surface area contributed by atoms with E-state index in [1.165, 1.54) is 16.4 Å². The predicted molar refractivity (Wildman–Crippen MR) is 155 cm³/mol. The van der Waals surface area contributed by atoms with Crippen molar-refractivity contribution >= 4 is 17.5 Å². The Bertz CT molecular complexity index is 1880. The van der Waals surface area contributed by atoms with Gasteiger partial charge >= 0.3 is 11.4 Å². The van der Waals surface area contributed by atoms with Crippen LogP contribution in [0.5, 0.6) is 5.75 Å². The normalized spacial score (nSPS) is 24.6. The summed E-state index contributed by atoms with van der Waals surface area (Å²) in [7, 11) is 1.44. The summed E-state index contributed by atoms with van der Waals surface area (Å²) in [5.74, 6) is -2.26. The molecule has 2 N–H and O–H groups in total. The maximum Gasteiger partial charge on any atom is 0.347 e. The van der Waals surface area contributed by atoms with E-state index in [1.807, 2.05) is 67.6 Å². The third-order valence-electron chi connectivity index (χ3n) is 9.07. The van der Waals surface area contributed by atoms with Gasteiger partial charge in [0.25, 0.3) is 11.8 Å². The number of hydrazine groups is 1. The average Bonchev–Trinajstić information content (AvgIpc) is 3.36. The second-order valence-electron chi connectivity index (χ2n) is 11.3. The highest BCUT2D eigenvalue weighted by atomic mass is 16.3. The van der Waals surface area contributed by atoms with Crippen molar-refractivity contribution in [2.75, 3.05) is 5.43 Å². The fourth-order valence-electron chi connectivity index (χ4n) is 7.16. The first-order valence-corrected chi connectivity index (χ1v) is 13.9. The van der Waals surface area contributed by atoms with Crippen LogP contribution in [0.15, 0.2) is 100 Å². The summed E-state index contributed by atoms with van der Waals surface area (Å²) >= 11 is 0. The van der Waals surface area contributed by atoms with Gasteiger partial charge in [0.1, 0.15) is 5.75 Å². The molecular weight excluding hydrogens is 534 g/mol. The highest BCUT2D eigenvalue weighted by Crippen LogP contribution is 2.61. The zero-order valence-electron chi connectivity index (χ0n) is 23.1. The first-order chi connectivity index (χ1) is 20.2. The second kappa shape index (κ2) is 9.20. The SMILES string of the molecule is Cc1ccc(NN2C(=O)C3CC4C(=CCn5c(=O)n(C)c(=O)n54)C(c4ccc(O)cc4)C3(c3ccccc3)C2=O)cc1. The van der Waals surface area contributed by atoms with Crippen LogP contribution in [-0.4, -0.2) is 35.9 Å². The van der Waals surface area contributed by atoms with E-state index in [9.17, 15) is 24.3 Å². The number of rotatable bonds is 4. The molecule has 10 nitrogen and oxygen atoms in total. The summed E-state index contributed by atoms with van der Waals surface area (Å²) in [6.07, 6.45) is 2.06. The van der Waals surface area contributed by atoms with E-state index in [4.69, 9.17) is 0 Å². The molecule has 2 fully saturated rings. The number of amides is 2. The first kappa shape index (κ1) is 25.8. The Morgan fingerprint density at radius 1 is 0.881 bits per heavy atom. The number of hydrogen-bond donors (Lipinski definition) is 2. The lowest BCUT2D eigenvalue weighted by Crippen LogP contribution is -2.53. The Kier molecular flexibility index (Phi) is 5.66. The Morgan fingerprint density at radius 2 is 1.57 bits per heavy atom. The third kappa shape index (κ3) is 3.44. The number of aromatic nitrogens is 3. The van der Waals surface area contributed by atoms with Crippen molar-refractivity contribution in [3.63, 3.8) is 0 Å². The number of carbonyl (C=O) groups is 2. The van der Waals surface area contributed by atoms with Gasteiger partial charge in [0.2, 0.25) is 0 Å². The van der Waals surface area contributed by atoms with Crippen molar-refractivity contribution in [2.24, 2.45) is 13.0 Å². The summed E-state index contributed by atoms with van der Waals surface area (Å²) in [4.78, 5) is 55.6. The number of imide groups is 1. The van der Waals surface area contributed by atoms with E-state index in [0.29, 0.717) is 11.3 Å². The molecule has 1 aromatic heterocycles.